The SMILES string of the molecule is COc1ccc(CN2C[C@@H]3CC[C@H](C2)N(C(=O)c2ccc(C)c(O)c2)C3)cc1. The minimum absolute atomic E-state index is 0.0382. The summed E-state index contributed by atoms with van der Waals surface area (Å²) < 4.78 is 5.25. The average Bonchev–Trinajstić information content (AvgIpc) is 3.00. The van der Waals surface area contributed by atoms with Gasteiger partial charge in [-0.05, 0) is 61.1 Å². The lowest BCUT2D eigenvalue weighted by Gasteiger charge is -2.36. The third-order valence-corrected chi connectivity index (χ3v) is 6.07. The maximum absolute atomic E-state index is 13.1. The summed E-state index contributed by atoms with van der Waals surface area (Å²) in [6.07, 6.45) is 2.22. The van der Waals surface area contributed by atoms with E-state index < -0.39 is 0 Å². The van der Waals surface area contributed by atoms with Gasteiger partial charge in [0.05, 0.1) is 7.11 Å². The second-order valence-corrected chi connectivity index (χ2v) is 8.10. The van der Waals surface area contributed by atoms with Gasteiger partial charge >= 0.3 is 0 Å². The highest BCUT2D eigenvalue weighted by molar-refractivity contribution is 5.95. The lowest BCUT2D eigenvalue weighted by molar-refractivity contribution is 0.0584. The first-order chi connectivity index (χ1) is 13.5. The molecular formula is C23H28N2O3. The Bertz CT molecular complexity index is 849. The second-order valence-electron chi connectivity index (χ2n) is 8.10. The van der Waals surface area contributed by atoms with E-state index in [-0.39, 0.29) is 17.7 Å². The number of rotatable bonds is 4. The minimum atomic E-state index is 0.0382. The lowest BCUT2D eigenvalue weighted by Crippen LogP contribution is -2.47. The Morgan fingerprint density at radius 1 is 1.11 bits per heavy atom. The predicted octanol–water partition coefficient (Wildman–Crippen LogP) is 3.45. The van der Waals surface area contributed by atoms with Gasteiger partial charge in [-0.3, -0.25) is 9.69 Å². The molecule has 0 unspecified atom stereocenters. The molecule has 3 fully saturated rings. The minimum Gasteiger partial charge on any atom is -0.508 e. The summed E-state index contributed by atoms with van der Waals surface area (Å²) in [6, 6.07) is 13.7. The summed E-state index contributed by atoms with van der Waals surface area (Å²) in [4.78, 5) is 17.6. The monoisotopic (exact) mass is 380 g/mol. The number of phenolic OH excluding ortho intramolecular Hbond substituents is 1. The van der Waals surface area contributed by atoms with Gasteiger partial charge in [-0.1, -0.05) is 18.2 Å². The number of benzene rings is 2. The molecule has 2 bridgehead atoms. The molecule has 5 rings (SSSR count). The molecule has 3 aliphatic heterocycles. The summed E-state index contributed by atoms with van der Waals surface area (Å²) >= 11 is 0. The molecule has 28 heavy (non-hydrogen) atoms. The summed E-state index contributed by atoms with van der Waals surface area (Å²) in [5.41, 5.74) is 2.64. The lowest BCUT2D eigenvalue weighted by atomic mass is 9.94. The van der Waals surface area contributed by atoms with Gasteiger partial charge in [-0.25, -0.2) is 0 Å². The quantitative estimate of drug-likeness (QED) is 0.883. The van der Waals surface area contributed by atoms with Gasteiger partial charge in [0, 0.05) is 37.8 Å². The molecule has 3 heterocycles. The zero-order chi connectivity index (χ0) is 19.7. The van der Waals surface area contributed by atoms with E-state index in [1.54, 1.807) is 13.2 Å². The fraction of sp³-hybridized carbons (Fsp3) is 0.435. The van der Waals surface area contributed by atoms with Crippen LogP contribution < -0.4 is 4.74 Å². The van der Waals surface area contributed by atoms with Crippen LogP contribution >= 0.6 is 0 Å². The van der Waals surface area contributed by atoms with Crippen molar-refractivity contribution >= 4 is 5.91 Å². The average molecular weight is 380 g/mol. The number of carbonyl (C=O) groups excluding carboxylic acids is 1. The number of methoxy groups -OCH3 is 1. The molecule has 5 nitrogen and oxygen atoms in total. The Labute approximate surface area is 166 Å². The van der Waals surface area contributed by atoms with E-state index >= 15 is 0 Å². The standard InChI is InChI=1S/C23H28N2O3/c1-16-3-7-19(11-22(16)26)23(27)25-14-18-4-8-20(25)15-24(13-18)12-17-5-9-21(28-2)10-6-17/h3,5-7,9-11,18,20,26H,4,8,12-15H2,1-2H3/t18-,20+/m0/s1. The van der Waals surface area contributed by atoms with Crippen LogP contribution in [0.1, 0.15) is 34.3 Å². The van der Waals surface area contributed by atoms with Gasteiger partial charge in [-0.15, -0.1) is 0 Å². The topological polar surface area (TPSA) is 53.0 Å². The second kappa shape index (κ2) is 7.84. The molecule has 2 atom stereocenters. The highest BCUT2D eigenvalue weighted by Crippen LogP contribution is 2.31. The molecule has 0 aliphatic carbocycles. The zero-order valence-electron chi connectivity index (χ0n) is 16.6. The van der Waals surface area contributed by atoms with Gasteiger partial charge in [0.1, 0.15) is 11.5 Å². The molecule has 0 saturated carbocycles. The number of aryl methyl sites for hydroxylation is 1. The Balaban J connectivity index is 1.48. The number of amides is 1. The normalized spacial score (nSPS) is 22.1. The molecule has 1 amide bonds. The van der Waals surface area contributed by atoms with E-state index in [4.69, 9.17) is 4.74 Å². The molecule has 2 aromatic rings. The molecule has 148 valence electrons. The largest absolute Gasteiger partial charge is 0.508 e. The first kappa shape index (κ1) is 18.8. The van der Waals surface area contributed by atoms with Crippen LogP contribution in [-0.4, -0.2) is 53.6 Å². The fourth-order valence-electron chi connectivity index (χ4n) is 4.45. The molecule has 0 radical (unpaired) electrons. The summed E-state index contributed by atoms with van der Waals surface area (Å²) in [6.45, 7) is 5.45. The first-order valence-electron chi connectivity index (χ1n) is 9.99. The van der Waals surface area contributed by atoms with Crippen LogP contribution in [0.25, 0.3) is 0 Å². The number of hydrogen-bond donors (Lipinski definition) is 1. The third kappa shape index (κ3) is 3.85. The number of fused-ring (bicyclic) bond motifs is 4. The number of phenols is 1. The van der Waals surface area contributed by atoms with E-state index in [1.165, 1.54) is 12.0 Å². The first-order valence-corrected chi connectivity index (χ1v) is 9.99. The van der Waals surface area contributed by atoms with Crippen molar-refractivity contribution in [2.45, 2.75) is 32.4 Å². The Morgan fingerprint density at radius 2 is 1.89 bits per heavy atom. The number of hydrogen-bond acceptors (Lipinski definition) is 4. The van der Waals surface area contributed by atoms with Crippen LogP contribution in [-0.2, 0) is 6.54 Å². The number of aromatic hydroxyl groups is 1. The molecule has 3 saturated heterocycles. The molecule has 0 aromatic heterocycles. The molecule has 2 aromatic carbocycles. The van der Waals surface area contributed by atoms with Gasteiger partial charge in [0.2, 0.25) is 0 Å². The maximum atomic E-state index is 13.1. The van der Waals surface area contributed by atoms with Gasteiger partial charge in [0.25, 0.3) is 5.91 Å². The van der Waals surface area contributed by atoms with E-state index in [1.807, 2.05) is 36.1 Å². The highest BCUT2D eigenvalue weighted by atomic mass is 16.5. The maximum Gasteiger partial charge on any atom is 0.254 e. The Morgan fingerprint density at radius 3 is 2.61 bits per heavy atom. The van der Waals surface area contributed by atoms with Gasteiger partial charge in [-0.2, -0.15) is 0 Å². The summed E-state index contributed by atoms with van der Waals surface area (Å²) in [5, 5.41) is 9.99. The van der Waals surface area contributed by atoms with Crippen molar-refractivity contribution in [3.63, 3.8) is 0 Å². The van der Waals surface area contributed by atoms with Crippen molar-refractivity contribution in [2.75, 3.05) is 26.7 Å². The van der Waals surface area contributed by atoms with Crippen LogP contribution in [0, 0.1) is 12.8 Å². The third-order valence-electron chi connectivity index (χ3n) is 6.07. The van der Waals surface area contributed by atoms with Crippen LogP contribution in [0.15, 0.2) is 42.5 Å². The Kier molecular flexibility index (Phi) is 5.27. The van der Waals surface area contributed by atoms with E-state index in [0.717, 1.165) is 43.9 Å². The van der Waals surface area contributed by atoms with Crippen LogP contribution in [0.2, 0.25) is 0 Å². The molecule has 0 spiro atoms. The summed E-state index contributed by atoms with van der Waals surface area (Å²) in [7, 11) is 1.68. The van der Waals surface area contributed by atoms with E-state index in [2.05, 4.69) is 17.0 Å². The Hall–Kier alpha value is -2.53. The van der Waals surface area contributed by atoms with Crippen molar-refractivity contribution in [3.8, 4) is 11.5 Å². The van der Waals surface area contributed by atoms with Crippen LogP contribution in [0.3, 0.4) is 0 Å². The number of ether oxygens (including phenoxy) is 1. The van der Waals surface area contributed by atoms with Crippen molar-refractivity contribution in [1.82, 2.24) is 9.80 Å². The number of carbonyl (C=O) groups is 1. The summed E-state index contributed by atoms with van der Waals surface area (Å²) in [5.74, 6) is 1.60. The van der Waals surface area contributed by atoms with E-state index in [9.17, 15) is 9.90 Å². The smallest absolute Gasteiger partial charge is 0.254 e. The van der Waals surface area contributed by atoms with Crippen LogP contribution in [0.5, 0.6) is 11.5 Å². The fourth-order valence-corrected chi connectivity index (χ4v) is 4.45. The number of nitrogens with zero attached hydrogens (tertiary/aromatic N) is 2. The van der Waals surface area contributed by atoms with Gasteiger partial charge in [0.15, 0.2) is 0 Å². The highest BCUT2D eigenvalue weighted by Gasteiger charge is 2.37. The van der Waals surface area contributed by atoms with Crippen molar-refractivity contribution in [3.05, 3.63) is 59.2 Å². The van der Waals surface area contributed by atoms with E-state index in [0.29, 0.717) is 11.5 Å². The molecular weight excluding hydrogens is 352 g/mol. The van der Waals surface area contributed by atoms with Crippen molar-refractivity contribution in [2.24, 2.45) is 5.92 Å². The zero-order valence-corrected chi connectivity index (χ0v) is 16.6. The number of piperidine rings is 1. The molecule has 3 aliphatic rings. The predicted molar refractivity (Wildman–Crippen MR) is 109 cm³/mol. The van der Waals surface area contributed by atoms with Crippen LogP contribution in [0.4, 0.5) is 0 Å². The molecule has 5 heteroatoms. The van der Waals surface area contributed by atoms with Gasteiger partial charge < -0.3 is 14.7 Å². The molecule has 1 N–H and O–H groups in total. The van der Waals surface area contributed by atoms with Crippen molar-refractivity contribution in [1.29, 1.82) is 0 Å². The van der Waals surface area contributed by atoms with Crippen molar-refractivity contribution < 1.29 is 14.6 Å².